The molecule has 0 fully saturated rings. The van der Waals surface area contributed by atoms with Gasteiger partial charge in [-0.1, -0.05) is 0 Å². The fraction of sp³-hybridized carbons (Fsp3) is 0. The van der Waals surface area contributed by atoms with Crippen molar-refractivity contribution in [2.24, 2.45) is 0 Å². The van der Waals surface area contributed by atoms with Crippen LogP contribution in [0.3, 0.4) is 0 Å². The maximum absolute atomic E-state index is 13.7. The number of carbonyl (C=O) groups excluding carboxylic acids is 1. The van der Waals surface area contributed by atoms with Crippen molar-refractivity contribution in [1.29, 1.82) is 0 Å². The van der Waals surface area contributed by atoms with Crippen molar-refractivity contribution in [3.63, 3.8) is 0 Å². The molecule has 0 bridgehead atoms. The van der Waals surface area contributed by atoms with Crippen molar-refractivity contribution in [1.82, 2.24) is 19.7 Å². The van der Waals surface area contributed by atoms with Crippen LogP contribution in [0.2, 0.25) is 0 Å². The molecule has 2 N–H and O–H groups in total. The first kappa shape index (κ1) is 19.9. The van der Waals surface area contributed by atoms with Crippen LogP contribution in [0.4, 0.5) is 29.3 Å². The molecule has 8 nitrogen and oxygen atoms in total. The molecule has 0 saturated carbocycles. The average molecular weight is 426 g/mol. The zero-order valence-corrected chi connectivity index (χ0v) is 15.6. The standard InChI is InChI=1S/C20H13F3N6O2/c21-14-6-7-15(19(23)18(14)22)28-20(30)27-12-2-4-13(5-3-12)31-17-10-16(24-11-25-17)29-9-1-8-26-29/h1-11H,(H2,27,28,30). The molecule has 0 atom stereocenters. The molecule has 0 aliphatic carbocycles. The molecule has 0 unspecified atom stereocenters. The maximum atomic E-state index is 13.7. The highest BCUT2D eigenvalue weighted by molar-refractivity contribution is 5.99. The summed E-state index contributed by atoms with van der Waals surface area (Å²) in [5, 5.41) is 8.64. The Morgan fingerprint density at radius 1 is 0.968 bits per heavy atom. The van der Waals surface area contributed by atoms with E-state index in [-0.39, 0.29) is 5.88 Å². The normalized spacial score (nSPS) is 10.5. The van der Waals surface area contributed by atoms with Gasteiger partial charge in [-0.25, -0.2) is 32.6 Å². The third-order valence-corrected chi connectivity index (χ3v) is 3.98. The monoisotopic (exact) mass is 426 g/mol. The molecule has 0 saturated heterocycles. The molecule has 0 spiro atoms. The Morgan fingerprint density at radius 3 is 2.52 bits per heavy atom. The van der Waals surface area contributed by atoms with Crippen LogP contribution in [-0.4, -0.2) is 25.8 Å². The summed E-state index contributed by atoms with van der Waals surface area (Å²) < 4.78 is 47.1. The number of nitrogens with zero attached hydrogens (tertiary/aromatic N) is 4. The summed E-state index contributed by atoms with van der Waals surface area (Å²) in [6, 6.07) is 10.4. The fourth-order valence-electron chi connectivity index (χ4n) is 2.55. The number of hydrogen-bond donors (Lipinski definition) is 2. The van der Waals surface area contributed by atoms with Crippen molar-refractivity contribution in [3.05, 3.63) is 84.7 Å². The minimum Gasteiger partial charge on any atom is -0.439 e. The minimum atomic E-state index is -1.67. The summed E-state index contributed by atoms with van der Waals surface area (Å²) in [5.41, 5.74) is -0.138. The number of nitrogens with one attached hydrogen (secondary N) is 2. The van der Waals surface area contributed by atoms with Crippen LogP contribution < -0.4 is 15.4 Å². The van der Waals surface area contributed by atoms with E-state index in [9.17, 15) is 18.0 Å². The Hall–Kier alpha value is -4.41. The lowest BCUT2D eigenvalue weighted by atomic mass is 10.3. The summed E-state index contributed by atoms with van der Waals surface area (Å²) in [6.07, 6.45) is 4.68. The smallest absolute Gasteiger partial charge is 0.323 e. The molecule has 11 heteroatoms. The van der Waals surface area contributed by atoms with Gasteiger partial charge in [0.2, 0.25) is 5.88 Å². The number of ether oxygens (including phenoxy) is 1. The van der Waals surface area contributed by atoms with Crippen LogP contribution in [0.25, 0.3) is 5.82 Å². The third kappa shape index (κ3) is 4.61. The zero-order valence-electron chi connectivity index (χ0n) is 15.6. The molecule has 0 radical (unpaired) electrons. The highest BCUT2D eigenvalue weighted by atomic mass is 19.2. The zero-order chi connectivity index (χ0) is 21.8. The van der Waals surface area contributed by atoms with Gasteiger partial charge in [-0.15, -0.1) is 0 Å². The van der Waals surface area contributed by atoms with E-state index in [0.29, 0.717) is 23.3 Å². The largest absolute Gasteiger partial charge is 0.439 e. The van der Waals surface area contributed by atoms with Crippen LogP contribution in [0.15, 0.2) is 67.3 Å². The second kappa shape index (κ2) is 8.53. The lowest BCUT2D eigenvalue weighted by molar-refractivity contribution is 0.262. The molecule has 2 aromatic carbocycles. The molecule has 4 aromatic rings. The molecule has 31 heavy (non-hydrogen) atoms. The molecule has 4 rings (SSSR count). The molecule has 0 aliphatic rings. The number of halogens is 3. The van der Waals surface area contributed by atoms with Gasteiger partial charge >= 0.3 is 6.03 Å². The van der Waals surface area contributed by atoms with Gasteiger partial charge in [0.1, 0.15) is 12.1 Å². The first-order chi connectivity index (χ1) is 15.0. The van der Waals surface area contributed by atoms with Gasteiger partial charge in [0.15, 0.2) is 23.3 Å². The number of aromatic nitrogens is 4. The van der Waals surface area contributed by atoms with Gasteiger partial charge in [0.25, 0.3) is 0 Å². The van der Waals surface area contributed by atoms with Gasteiger partial charge in [-0.2, -0.15) is 5.10 Å². The van der Waals surface area contributed by atoms with E-state index in [1.54, 1.807) is 41.3 Å². The Kier molecular flexibility index (Phi) is 5.47. The predicted octanol–water partition coefficient (Wildman–Crippen LogP) is 4.52. The number of carbonyl (C=O) groups is 1. The summed E-state index contributed by atoms with van der Waals surface area (Å²) in [4.78, 5) is 20.1. The molecule has 2 aromatic heterocycles. The highest BCUT2D eigenvalue weighted by Crippen LogP contribution is 2.23. The lowest BCUT2D eigenvalue weighted by Crippen LogP contribution is -2.20. The van der Waals surface area contributed by atoms with E-state index in [1.165, 1.54) is 18.5 Å². The van der Waals surface area contributed by atoms with E-state index in [4.69, 9.17) is 4.74 Å². The van der Waals surface area contributed by atoms with Crippen molar-refractivity contribution in [2.45, 2.75) is 0 Å². The summed E-state index contributed by atoms with van der Waals surface area (Å²) in [6.45, 7) is 0. The molecule has 0 aliphatic heterocycles. The minimum absolute atomic E-state index is 0.285. The second-order valence-electron chi connectivity index (χ2n) is 6.09. The number of amides is 2. The SMILES string of the molecule is O=C(Nc1ccc(Oc2cc(-n3cccn3)ncn2)cc1)Nc1ccc(F)c(F)c1F. The second-order valence-corrected chi connectivity index (χ2v) is 6.09. The number of hydrogen-bond acceptors (Lipinski definition) is 5. The summed E-state index contributed by atoms with van der Waals surface area (Å²) in [7, 11) is 0. The van der Waals surface area contributed by atoms with Gasteiger partial charge < -0.3 is 15.4 Å². The van der Waals surface area contributed by atoms with Crippen LogP contribution in [-0.2, 0) is 0 Å². The summed E-state index contributed by atoms with van der Waals surface area (Å²) >= 11 is 0. The Morgan fingerprint density at radius 2 is 1.77 bits per heavy atom. The van der Waals surface area contributed by atoms with E-state index in [1.807, 2.05) is 0 Å². The first-order valence-corrected chi connectivity index (χ1v) is 8.81. The van der Waals surface area contributed by atoms with E-state index < -0.39 is 29.2 Å². The molecule has 2 amide bonds. The van der Waals surface area contributed by atoms with E-state index in [2.05, 4.69) is 25.7 Å². The van der Waals surface area contributed by atoms with Crippen LogP contribution in [0, 0.1) is 17.5 Å². The molecular formula is C20H13F3N6O2. The van der Waals surface area contributed by atoms with Gasteiger partial charge in [-0.05, 0) is 42.5 Å². The van der Waals surface area contributed by atoms with Gasteiger partial charge in [0.05, 0.1) is 5.69 Å². The van der Waals surface area contributed by atoms with Crippen molar-refractivity contribution in [2.75, 3.05) is 10.6 Å². The maximum Gasteiger partial charge on any atom is 0.323 e. The predicted molar refractivity (Wildman–Crippen MR) is 105 cm³/mol. The topological polar surface area (TPSA) is 94.0 Å². The van der Waals surface area contributed by atoms with Crippen molar-refractivity contribution >= 4 is 17.4 Å². The first-order valence-electron chi connectivity index (χ1n) is 8.81. The number of urea groups is 1. The Bertz CT molecular complexity index is 1220. The number of benzene rings is 2. The van der Waals surface area contributed by atoms with Crippen LogP contribution in [0.1, 0.15) is 0 Å². The third-order valence-electron chi connectivity index (χ3n) is 3.98. The van der Waals surface area contributed by atoms with E-state index >= 15 is 0 Å². The van der Waals surface area contributed by atoms with Gasteiger partial charge in [0, 0.05) is 24.1 Å². The summed E-state index contributed by atoms with van der Waals surface area (Å²) in [5.74, 6) is -3.26. The quantitative estimate of drug-likeness (QED) is 0.458. The number of anilines is 2. The molecule has 2 heterocycles. The molecular weight excluding hydrogens is 413 g/mol. The number of rotatable bonds is 5. The van der Waals surface area contributed by atoms with Crippen LogP contribution >= 0.6 is 0 Å². The lowest BCUT2D eigenvalue weighted by Gasteiger charge is -2.10. The fourth-order valence-corrected chi connectivity index (χ4v) is 2.55. The Balaban J connectivity index is 1.39. The van der Waals surface area contributed by atoms with Crippen molar-refractivity contribution in [3.8, 4) is 17.4 Å². The van der Waals surface area contributed by atoms with Crippen LogP contribution in [0.5, 0.6) is 11.6 Å². The van der Waals surface area contributed by atoms with Crippen molar-refractivity contribution < 1.29 is 22.7 Å². The van der Waals surface area contributed by atoms with Gasteiger partial charge in [-0.3, -0.25) is 0 Å². The molecule has 156 valence electrons. The van der Waals surface area contributed by atoms with E-state index in [0.717, 1.165) is 6.07 Å². The highest BCUT2D eigenvalue weighted by Gasteiger charge is 2.15. The average Bonchev–Trinajstić information content (AvgIpc) is 3.31. The Labute approximate surface area is 173 Å².